The Balaban J connectivity index is -0.0000000263. The number of rotatable bonds is 2. The van der Waals surface area contributed by atoms with E-state index in [4.69, 9.17) is 15.3 Å². The summed E-state index contributed by atoms with van der Waals surface area (Å²) in [5, 5.41) is 21.0. The molecule has 0 aromatic carbocycles. The molecule has 0 atom stereocenters. The van der Waals surface area contributed by atoms with Crippen LogP contribution in [0.2, 0.25) is 0 Å². The zero-order valence-electron chi connectivity index (χ0n) is 9.57. The van der Waals surface area contributed by atoms with Gasteiger partial charge in [0.2, 0.25) is 0 Å². The van der Waals surface area contributed by atoms with Crippen LogP contribution in [0.3, 0.4) is 0 Å². The smallest absolute Gasteiger partial charge is 0.0319 e. The van der Waals surface area contributed by atoms with E-state index < -0.39 is 0 Å². The van der Waals surface area contributed by atoms with Crippen LogP contribution in [-0.4, -0.2) is 55.6 Å². The fourth-order valence-electron chi connectivity index (χ4n) is 0.365. The average molecular weight is 230 g/mol. The quantitative estimate of drug-likeness (QED) is 0.459. The van der Waals surface area contributed by atoms with E-state index in [-0.39, 0.29) is 21.7 Å². The number of aliphatic hydroxyl groups is 3. The minimum absolute atomic E-state index is 0. The summed E-state index contributed by atoms with van der Waals surface area (Å²) in [5.41, 5.74) is 0. The molecule has 0 aromatic heterocycles. The molecule has 0 fully saturated rings. The molecule has 0 rings (SSSR count). The van der Waals surface area contributed by atoms with Crippen LogP contribution in [-0.2, 0) is 21.7 Å². The van der Waals surface area contributed by atoms with Crippen LogP contribution in [0.5, 0.6) is 0 Å². The Labute approximate surface area is 97.5 Å². The second-order valence-electron chi connectivity index (χ2n) is 1.55. The van der Waals surface area contributed by atoms with Gasteiger partial charge in [-0.3, -0.25) is 6.54 Å². The molecule has 0 aliphatic rings. The molecule has 4 nitrogen and oxygen atoms in total. The van der Waals surface area contributed by atoms with Crippen molar-refractivity contribution >= 4 is 0 Å². The van der Waals surface area contributed by atoms with E-state index in [9.17, 15) is 0 Å². The molecule has 0 aliphatic heterocycles. The summed E-state index contributed by atoms with van der Waals surface area (Å²) in [6, 6.07) is 0. The molecule has 0 spiro atoms. The molecule has 3 N–H and O–H groups in total. The molecule has 0 heterocycles. The van der Waals surface area contributed by atoms with E-state index >= 15 is 0 Å². The second-order valence-corrected chi connectivity index (χ2v) is 1.55. The van der Waals surface area contributed by atoms with Crippen molar-refractivity contribution in [2.45, 2.75) is 13.3 Å². The number of aliphatic hydroxyl groups excluding tert-OH is 3. The van der Waals surface area contributed by atoms with E-state index in [2.05, 4.69) is 18.4 Å². The van der Waals surface area contributed by atoms with E-state index in [1.807, 2.05) is 14.1 Å². The van der Waals surface area contributed by atoms with Gasteiger partial charge < -0.3 is 20.2 Å². The third-order valence-corrected chi connectivity index (χ3v) is 0.548. The first-order valence-corrected chi connectivity index (χ1v) is 3.61. The van der Waals surface area contributed by atoms with Gasteiger partial charge in [0.15, 0.2) is 0 Å². The topological polar surface area (TPSA) is 63.9 Å². The molecule has 84 valence electrons. The molecule has 0 amide bonds. The molecule has 0 aliphatic carbocycles. The summed E-state index contributed by atoms with van der Waals surface area (Å²) in [5.74, 6) is 0. The van der Waals surface area contributed by atoms with Crippen LogP contribution in [0.4, 0.5) is 0 Å². The number of hydrogen-bond acceptors (Lipinski definition) is 4. The van der Waals surface area contributed by atoms with Crippen molar-refractivity contribution in [2.24, 2.45) is 0 Å². The summed E-state index contributed by atoms with van der Waals surface area (Å²) in [7, 11) is 7.06. The Bertz CT molecular complexity index is 40.6. The maximum atomic E-state index is 7.00. The fourth-order valence-corrected chi connectivity index (χ4v) is 0.365. The van der Waals surface area contributed by atoms with Crippen LogP contribution in [0, 0.1) is 6.54 Å². The van der Waals surface area contributed by atoms with Gasteiger partial charge in [-0.15, -0.1) is 0 Å². The molecule has 0 aromatic rings. The molecule has 0 unspecified atom stereocenters. The van der Waals surface area contributed by atoms with Crippen molar-refractivity contribution in [3.8, 4) is 0 Å². The van der Waals surface area contributed by atoms with Crippen LogP contribution < -0.4 is 0 Å². The predicted octanol–water partition coefficient (Wildman–Crippen LogP) is -0.0572. The minimum Gasteiger partial charge on any atom is -0.462 e. The van der Waals surface area contributed by atoms with Gasteiger partial charge >= 0.3 is 0 Å². The van der Waals surface area contributed by atoms with Crippen molar-refractivity contribution in [3.63, 3.8) is 0 Å². The van der Waals surface area contributed by atoms with Gasteiger partial charge in [-0.05, 0) is 14.1 Å². The van der Waals surface area contributed by atoms with Crippen LogP contribution in [0.25, 0.3) is 0 Å². The van der Waals surface area contributed by atoms with Crippen LogP contribution >= 0.6 is 0 Å². The summed E-state index contributed by atoms with van der Waals surface area (Å²) in [6.45, 7) is 4.25. The fraction of sp³-hybridized carbons (Fsp3) is 0.875. The van der Waals surface area contributed by atoms with Gasteiger partial charge in [0.25, 0.3) is 0 Å². The third kappa shape index (κ3) is 111. The Hall–Kier alpha value is 0.554. The number of hydrogen-bond donors (Lipinski definition) is 3. The predicted molar refractivity (Wildman–Crippen MR) is 52.7 cm³/mol. The molecule has 0 radical (unpaired) electrons. The van der Waals surface area contributed by atoms with Gasteiger partial charge in [-0.2, -0.15) is 6.42 Å². The Kier molecular flexibility index (Phi) is 122. The van der Waals surface area contributed by atoms with Crippen molar-refractivity contribution in [1.29, 1.82) is 0 Å². The largest absolute Gasteiger partial charge is 0.462 e. The van der Waals surface area contributed by atoms with Gasteiger partial charge in [0.1, 0.15) is 0 Å². The normalized spacial score (nSPS) is 6.00. The van der Waals surface area contributed by atoms with Gasteiger partial charge in [0, 0.05) is 43.0 Å². The van der Waals surface area contributed by atoms with Crippen molar-refractivity contribution < 1.29 is 37.0 Å². The molecular formula is C8H24NO3Ti-. The standard InChI is InChI=1S/C5H12N.3CH4O.Ti/c1-4-5-6(2)3;3*1-2;/h5H,4H2,1-3H3;3*2H,1H3;/q-1;;;;. The van der Waals surface area contributed by atoms with Crippen molar-refractivity contribution in [1.82, 2.24) is 4.90 Å². The first-order valence-electron chi connectivity index (χ1n) is 3.61. The van der Waals surface area contributed by atoms with Gasteiger partial charge in [-0.25, -0.2) is 0 Å². The maximum Gasteiger partial charge on any atom is 0.0319 e. The van der Waals surface area contributed by atoms with Crippen molar-refractivity contribution in [3.05, 3.63) is 6.54 Å². The molecule has 13 heavy (non-hydrogen) atoms. The minimum atomic E-state index is 0. The zero-order chi connectivity index (χ0) is 11.0. The van der Waals surface area contributed by atoms with Gasteiger partial charge in [-0.1, -0.05) is 6.92 Å². The summed E-state index contributed by atoms with van der Waals surface area (Å²) < 4.78 is 0. The van der Waals surface area contributed by atoms with Gasteiger partial charge in [0.05, 0.1) is 0 Å². The van der Waals surface area contributed by atoms with E-state index in [0.29, 0.717) is 0 Å². The molecule has 0 saturated carbocycles. The maximum absolute atomic E-state index is 7.00. The van der Waals surface area contributed by atoms with Crippen LogP contribution in [0.1, 0.15) is 13.3 Å². The summed E-state index contributed by atoms with van der Waals surface area (Å²) in [6.07, 6.45) is 1.13. The Morgan fingerprint density at radius 1 is 0.923 bits per heavy atom. The van der Waals surface area contributed by atoms with Crippen molar-refractivity contribution in [2.75, 3.05) is 35.4 Å². The number of nitrogens with zero attached hydrogens (tertiary/aromatic N) is 1. The molecule has 0 bridgehead atoms. The molecule has 5 heteroatoms. The Morgan fingerprint density at radius 2 is 1.15 bits per heavy atom. The monoisotopic (exact) mass is 230 g/mol. The summed E-state index contributed by atoms with van der Waals surface area (Å²) >= 11 is 0. The first-order chi connectivity index (χ1) is 5.77. The van der Waals surface area contributed by atoms with Crippen LogP contribution in [0.15, 0.2) is 0 Å². The molecular weight excluding hydrogens is 206 g/mol. The summed E-state index contributed by atoms with van der Waals surface area (Å²) in [4.78, 5) is 2.06. The Morgan fingerprint density at radius 3 is 1.15 bits per heavy atom. The third-order valence-electron chi connectivity index (χ3n) is 0.548. The van der Waals surface area contributed by atoms with E-state index in [1.54, 1.807) is 0 Å². The molecule has 0 saturated heterocycles. The van der Waals surface area contributed by atoms with E-state index in [1.165, 1.54) is 0 Å². The average Bonchev–Trinajstić information content (AvgIpc) is 2.14. The second kappa shape index (κ2) is 54.3. The van der Waals surface area contributed by atoms with E-state index in [0.717, 1.165) is 27.8 Å². The SMILES string of the molecule is CC[CH-]N(C)C.CO.CO.CO.[Ti]. The first kappa shape index (κ1) is 29.2. The zero-order valence-corrected chi connectivity index (χ0v) is 11.1.